The van der Waals surface area contributed by atoms with Gasteiger partial charge in [0.1, 0.15) is 0 Å². The molecule has 7 heteroatoms. The molecule has 1 rings (SSSR count). The molecule has 0 amide bonds. The molecule has 0 atom stereocenters. The number of non-ortho nitro benzene ring substituents is 1. The predicted molar refractivity (Wildman–Crippen MR) is 50.7 cm³/mol. The first-order valence-corrected chi connectivity index (χ1v) is 3.83. The van der Waals surface area contributed by atoms with Crippen molar-refractivity contribution in [1.82, 2.24) is 0 Å². The number of oxime groups is 1. The van der Waals surface area contributed by atoms with E-state index in [2.05, 4.69) is 5.16 Å². The van der Waals surface area contributed by atoms with Crippen LogP contribution in [0.2, 0.25) is 0 Å². The van der Waals surface area contributed by atoms with Crippen LogP contribution in [-0.4, -0.2) is 28.6 Å². The first-order chi connectivity index (χ1) is 7.10. The minimum atomic E-state index is -0.642. The van der Waals surface area contributed by atoms with Crippen LogP contribution in [0.3, 0.4) is 0 Å². The van der Waals surface area contributed by atoms with Crippen LogP contribution in [0.5, 0.6) is 11.5 Å². The van der Waals surface area contributed by atoms with E-state index in [4.69, 9.17) is 9.94 Å². The first kappa shape index (κ1) is 10.8. The fourth-order valence-corrected chi connectivity index (χ4v) is 1.04. The fraction of sp³-hybridized carbons (Fsp3) is 0.125. The second-order valence-corrected chi connectivity index (χ2v) is 2.59. The molecule has 0 fully saturated rings. The van der Waals surface area contributed by atoms with Crippen LogP contribution < -0.4 is 4.74 Å². The summed E-state index contributed by atoms with van der Waals surface area (Å²) in [6.45, 7) is 0. The van der Waals surface area contributed by atoms with Gasteiger partial charge in [-0.1, -0.05) is 5.16 Å². The molecule has 0 unspecified atom stereocenters. The zero-order valence-electron chi connectivity index (χ0n) is 7.75. The number of nitro groups is 1. The summed E-state index contributed by atoms with van der Waals surface area (Å²) in [5, 5.41) is 30.9. The van der Waals surface area contributed by atoms with Crippen molar-refractivity contribution in [1.29, 1.82) is 0 Å². The molecule has 1 aromatic rings. The monoisotopic (exact) mass is 212 g/mol. The topological polar surface area (TPSA) is 105 Å². The third-order valence-corrected chi connectivity index (χ3v) is 1.72. The lowest BCUT2D eigenvalue weighted by molar-refractivity contribution is -0.385. The van der Waals surface area contributed by atoms with Gasteiger partial charge < -0.3 is 15.1 Å². The molecule has 2 N–H and O–H groups in total. The minimum absolute atomic E-state index is 0.00329. The summed E-state index contributed by atoms with van der Waals surface area (Å²) in [6, 6.07) is 2.14. The number of phenolic OH excluding ortho intramolecular Hbond substituents is 1. The number of benzene rings is 1. The fourth-order valence-electron chi connectivity index (χ4n) is 1.04. The standard InChI is InChI=1S/C8H8N2O5/c1-15-7-3-6(10(13)14)2-5(4-9-12)8(7)11/h2-4,11-12H,1H3. The van der Waals surface area contributed by atoms with Crippen LogP contribution >= 0.6 is 0 Å². The quantitative estimate of drug-likeness (QED) is 0.338. The molecule has 0 aliphatic carbocycles. The summed E-state index contributed by atoms with van der Waals surface area (Å²) in [5.41, 5.74) is -0.261. The van der Waals surface area contributed by atoms with Gasteiger partial charge in [0.15, 0.2) is 11.5 Å². The normalized spacial score (nSPS) is 10.5. The smallest absolute Gasteiger partial charge is 0.274 e. The van der Waals surface area contributed by atoms with Gasteiger partial charge in [-0.05, 0) is 0 Å². The third-order valence-electron chi connectivity index (χ3n) is 1.72. The summed E-state index contributed by atoms with van der Waals surface area (Å²) in [4.78, 5) is 9.86. The molecule has 0 radical (unpaired) electrons. The number of rotatable bonds is 3. The molecule has 15 heavy (non-hydrogen) atoms. The SMILES string of the molecule is COc1cc([N+](=O)[O-])cc(C=NO)c1O. The number of ether oxygens (including phenoxy) is 1. The second-order valence-electron chi connectivity index (χ2n) is 2.59. The zero-order valence-corrected chi connectivity index (χ0v) is 7.75. The van der Waals surface area contributed by atoms with Crippen molar-refractivity contribution < 1.29 is 20.0 Å². The zero-order chi connectivity index (χ0) is 11.4. The van der Waals surface area contributed by atoms with Gasteiger partial charge in [0.2, 0.25) is 0 Å². The Labute approximate surface area is 84.4 Å². The highest BCUT2D eigenvalue weighted by molar-refractivity contribution is 5.85. The van der Waals surface area contributed by atoms with Gasteiger partial charge in [-0.2, -0.15) is 0 Å². The molecule has 0 aliphatic rings. The van der Waals surface area contributed by atoms with Crippen LogP contribution in [-0.2, 0) is 0 Å². The molecule has 0 bridgehead atoms. The molecule has 0 saturated heterocycles. The van der Waals surface area contributed by atoms with Gasteiger partial charge in [-0.15, -0.1) is 0 Å². The summed E-state index contributed by atoms with van der Waals surface area (Å²) >= 11 is 0. The molecule has 0 aromatic heterocycles. The van der Waals surface area contributed by atoms with E-state index in [1.54, 1.807) is 0 Å². The first-order valence-electron chi connectivity index (χ1n) is 3.83. The molecule has 0 spiro atoms. The second kappa shape index (κ2) is 4.27. The summed E-state index contributed by atoms with van der Waals surface area (Å²) in [6.07, 6.45) is 0.880. The maximum absolute atomic E-state index is 10.5. The molecular formula is C8H8N2O5. The molecule has 0 heterocycles. The summed E-state index contributed by atoms with van der Waals surface area (Å²) in [5.74, 6) is -0.375. The third kappa shape index (κ3) is 2.13. The Kier molecular flexibility index (Phi) is 3.06. The maximum Gasteiger partial charge on any atom is 0.274 e. The van der Waals surface area contributed by atoms with Gasteiger partial charge >= 0.3 is 0 Å². The highest BCUT2D eigenvalue weighted by atomic mass is 16.6. The van der Waals surface area contributed by atoms with Gasteiger partial charge in [0, 0.05) is 11.6 Å². The van der Waals surface area contributed by atoms with Crippen LogP contribution in [0.25, 0.3) is 0 Å². The van der Waals surface area contributed by atoms with Crippen molar-refractivity contribution in [2.75, 3.05) is 7.11 Å². The predicted octanol–water partition coefficient (Wildman–Crippen LogP) is 1.12. The minimum Gasteiger partial charge on any atom is -0.504 e. The number of nitrogens with zero attached hydrogens (tertiary/aromatic N) is 2. The van der Waals surface area contributed by atoms with Crippen LogP contribution in [0, 0.1) is 10.1 Å². The van der Waals surface area contributed by atoms with Gasteiger partial charge in [0.05, 0.1) is 24.3 Å². The lowest BCUT2D eigenvalue weighted by atomic mass is 10.2. The van der Waals surface area contributed by atoms with E-state index in [-0.39, 0.29) is 22.7 Å². The van der Waals surface area contributed by atoms with E-state index in [0.717, 1.165) is 18.3 Å². The summed E-state index contributed by atoms with van der Waals surface area (Å²) < 4.78 is 4.73. The Morgan fingerprint density at radius 3 is 2.73 bits per heavy atom. The van der Waals surface area contributed by atoms with E-state index in [1.165, 1.54) is 7.11 Å². The Hall–Kier alpha value is -2.31. The highest BCUT2D eigenvalue weighted by Gasteiger charge is 2.15. The van der Waals surface area contributed by atoms with E-state index in [9.17, 15) is 15.2 Å². The van der Waals surface area contributed by atoms with Crippen molar-refractivity contribution in [3.63, 3.8) is 0 Å². The Bertz CT molecular complexity index is 416. The molecule has 0 saturated carbocycles. The van der Waals surface area contributed by atoms with Crippen LogP contribution in [0.15, 0.2) is 17.3 Å². The number of methoxy groups -OCH3 is 1. The Balaban J connectivity index is 3.37. The van der Waals surface area contributed by atoms with Crippen LogP contribution in [0.4, 0.5) is 5.69 Å². The van der Waals surface area contributed by atoms with E-state index in [1.807, 2.05) is 0 Å². The number of nitro benzene ring substituents is 1. The lowest BCUT2D eigenvalue weighted by Gasteiger charge is -2.05. The molecule has 0 aliphatic heterocycles. The van der Waals surface area contributed by atoms with Crippen molar-refractivity contribution in [2.24, 2.45) is 5.16 Å². The van der Waals surface area contributed by atoms with Crippen molar-refractivity contribution in [3.8, 4) is 11.5 Å². The molecule has 7 nitrogen and oxygen atoms in total. The summed E-state index contributed by atoms with van der Waals surface area (Å²) in [7, 11) is 1.26. The van der Waals surface area contributed by atoms with E-state index in [0.29, 0.717) is 0 Å². The van der Waals surface area contributed by atoms with Crippen molar-refractivity contribution >= 4 is 11.9 Å². The van der Waals surface area contributed by atoms with Gasteiger partial charge in [0.25, 0.3) is 5.69 Å². The Morgan fingerprint density at radius 2 is 2.27 bits per heavy atom. The number of hydrogen-bond donors (Lipinski definition) is 2. The van der Waals surface area contributed by atoms with E-state index < -0.39 is 4.92 Å². The average Bonchev–Trinajstić information content (AvgIpc) is 2.21. The van der Waals surface area contributed by atoms with Crippen LogP contribution in [0.1, 0.15) is 5.56 Å². The van der Waals surface area contributed by atoms with E-state index >= 15 is 0 Å². The number of phenols is 1. The van der Waals surface area contributed by atoms with Gasteiger partial charge in [-0.25, -0.2) is 0 Å². The van der Waals surface area contributed by atoms with Gasteiger partial charge in [-0.3, -0.25) is 10.1 Å². The highest BCUT2D eigenvalue weighted by Crippen LogP contribution is 2.33. The van der Waals surface area contributed by atoms with Crippen molar-refractivity contribution in [2.45, 2.75) is 0 Å². The Morgan fingerprint density at radius 1 is 1.60 bits per heavy atom. The van der Waals surface area contributed by atoms with Crippen molar-refractivity contribution in [3.05, 3.63) is 27.8 Å². The number of aromatic hydroxyl groups is 1. The molecule has 1 aromatic carbocycles. The molecule has 80 valence electrons. The maximum atomic E-state index is 10.5. The number of hydrogen-bond acceptors (Lipinski definition) is 6. The lowest BCUT2D eigenvalue weighted by Crippen LogP contribution is -1.94. The molecular weight excluding hydrogens is 204 g/mol. The average molecular weight is 212 g/mol. The largest absolute Gasteiger partial charge is 0.504 e.